The van der Waals surface area contributed by atoms with E-state index in [1.807, 2.05) is 25.1 Å². The summed E-state index contributed by atoms with van der Waals surface area (Å²) < 4.78 is 10.7. The zero-order chi connectivity index (χ0) is 18.5. The van der Waals surface area contributed by atoms with Crippen molar-refractivity contribution in [1.82, 2.24) is 4.90 Å². The van der Waals surface area contributed by atoms with E-state index in [0.29, 0.717) is 29.4 Å². The second-order valence-electron chi connectivity index (χ2n) is 5.74. The van der Waals surface area contributed by atoms with Gasteiger partial charge in [0.15, 0.2) is 6.61 Å². The molecule has 3 aromatic rings. The number of fused-ring (bicyclic) bond motifs is 1. The van der Waals surface area contributed by atoms with Gasteiger partial charge in [0.05, 0.1) is 0 Å². The molecule has 0 radical (unpaired) electrons. The summed E-state index contributed by atoms with van der Waals surface area (Å²) in [5.74, 6) is 0.316. The Morgan fingerprint density at radius 3 is 2.69 bits per heavy atom. The zero-order valence-corrected chi connectivity index (χ0v) is 15.0. The fraction of sp³-hybridized carbons (Fsp3) is 0.200. The first-order valence-electron chi connectivity index (χ1n) is 8.24. The van der Waals surface area contributed by atoms with Crippen molar-refractivity contribution < 1.29 is 13.9 Å². The molecule has 0 fully saturated rings. The summed E-state index contributed by atoms with van der Waals surface area (Å²) in [4.78, 5) is 25.4. The second kappa shape index (κ2) is 8.06. The van der Waals surface area contributed by atoms with Crippen LogP contribution in [0.1, 0.15) is 12.5 Å². The lowest BCUT2D eigenvalue weighted by Gasteiger charge is -2.21. The summed E-state index contributed by atoms with van der Waals surface area (Å²) in [6.07, 6.45) is 0. The molecule has 1 aromatic heterocycles. The van der Waals surface area contributed by atoms with Crippen LogP contribution < -0.4 is 10.4 Å². The van der Waals surface area contributed by atoms with Crippen LogP contribution in [-0.4, -0.2) is 24.0 Å². The molecule has 1 heterocycles. The molecule has 0 spiro atoms. The van der Waals surface area contributed by atoms with Crippen LogP contribution in [0, 0.1) is 0 Å². The zero-order valence-electron chi connectivity index (χ0n) is 14.3. The molecule has 0 saturated heterocycles. The fourth-order valence-corrected chi connectivity index (χ4v) is 2.77. The predicted octanol–water partition coefficient (Wildman–Crippen LogP) is 3.87. The molecular weight excluding hydrogens is 354 g/mol. The van der Waals surface area contributed by atoms with Crippen LogP contribution in [0.15, 0.2) is 63.8 Å². The lowest BCUT2D eigenvalue weighted by atomic mass is 10.2. The van der Waals surface area contributed by atoms with E-state index < -0.39 is 5.63 Å². The van der Waals surface area contributed by atoms with Crippen LogP contribution >= 0.6 is 11.6 Å². The lowest BCUT2D eigenvalue weighted by Crippen LogP contribution is -2.34. The SMILES string of the molecule is CCN(Cc1ccccc1Cl)C(=O)COc1ccc2ccc(=O)oc2c1. The highest BCUT2D eigenvalue weighted by Crippen LogP contribution is 2.20. The Morgan fingerprint density at radius 1 is 1.15 bits per heavy atom. The number of hydrogen-bond donors (Lipinski definition) is 0. The van der Waals surface area contributed by atoms with Gasteiger partial charge in [-0.3, -0.25) is 4.79 Å². The van der Waals surface area contributed by atoms with E-state index >= 15 is 0 Å². The minimum Gasteiger partial charge on any atom is -0.484 e. The number of likely N-dealkylation sites (N-methyl/N-ethyl adjacent to an activating group) is 1. The van der Waals surface area contributed by atoms with Crippen LogP contribution in [0.5, 0.6) is 5.75 Å². The molecule has 0 unspecified atom stereocenters. The first-order chi connectivity index (χ1) is 12.6. The van der Waals surface area contributed by atoms with Crippen molar-refractivity contribution in [3.05, 3.63) is 75.6 Å². The smallest absolute Gasteiger partial charge is 0.336 e. The number of hydrogen-bond acceptors (Lipinski definition) is 4. The van der Waals surface area contributed by atoms with E-state index in [0.717, 1.165) is 10.9 Å². The van der Waals surface area contributed by atoms with E-state index in [2.05, 4.69) is 0 Å². The van der Waals surface area contributed by atoms with E-state index in [-0.39, 0.29) is 12.5 Å². The molecule has 0 atom stereocenters. The molecule has 3 rings (SSSR count). The summed E-state index contributed by atoms with van der Waals surface area (Å²) in [5, 5.41) is 1.42. The van der Waals surface area contributed by atoms with Crippen molar-refractivity contribution in [2.75, 3.05) is 13.2 Å². The predicted molar refractivity (Wildman–Crippen MR) is 101 cm³/mol. The summed E-state index contributed by atoms with van der Waals surface area (Å²) in [6.45, 7) is 2.76. The van der Waals surface area contributed by atoms with Crippen LogP contribution in [0.4, 0.5) is 0 Å². The Balaban J connectivity index is 1.67. The first kappa shape index (κ1) is 18.0. The maximum atomic E-state index is 12.5. The lowest BCUT2D eigenvalue weighted by molar-refractivity contribution is -0.133. The van der Waals surface area contributed by atoms with Crippen molar-refractivity contribution in [3.63, 3.8) is 0 Å². The summed E-state index contributed by atoms with van der Waals surface area (Å²) in [5.41, 5.74) is 0.880. The third-order valence-corrected chi connectivity index (χ3v) is 4.38. The molecule has 0 bridgehead atoms. The number of carbonyl (C=O) groups excluding carboxylic acids is 1. The molecule has 2 aromatic carbocycles. The van der Waals surface area contributed by atoms with Gasteiger partial charge in [-0.25, -0.2) is 4.79 Å². The third-order valence-electron chi connectivity index (χ3n) is 4.01. The van der Waals surface area contributed by atoms with Crippen molar-refractivity contribution in [1.29, 1.82) is 0 Å². The molecule has 0 N–H and O–H groups in total. The van der Waals surface area contributed by atoms with Crippen LogP contribution in [-0.2, 0) is 11.3 Å². The van der Waals surface area contributed by atoms with E-state index in [4.69, 9.17) is 20.8 Å². The molecular formula is C20H18ClNO4. The standard InChI is InChI=1S/C20H18ClNO4/c1-2-22(12-15-5-3-4-6-17(15)21)19(23)13-25-16-9-7-14-8-10-20(24)26-18(14)11-16/h3-11H,2,12-13H2,1H3. The van der Waals surface area contributed by atoms with Gasteiger partial charge in [0, 0.05) is 35.6 Å². The highest BCUT2D eigenvalue weighted by atomic mass is 35.5. The van der Waals surface area contributed by atoms with Gasteiger partial charge in [0.1, 0.15) is 11.3 Å². The number of amides is 1. The van der Waals surface area contributed by atoms with Gasteiger partial charge in [-0.1, -0.05) is 29.8 Å². The molecule has 0 aliphatic heterocycles. The van der Waals surface area contributed by atoms with Gasteiger partial charge >= 0.3 is 5.63 Å². The molecule has 0 aliphatic rings. The Morgan fingerprint density at radius 2 is 1.92 bits per heavy atom. The van der Waals surface area contributed by atoms with Gasteiger partial charge in [-0.05, 0) is 36.8 Å². The molecule has 6 heteroatoms. The Kier molecular flexibility index (Phi) is 5.58. The molecule has 0 aliphatic carbocycles. The minimum absolute atomic E-state index is 0.110. The average molecular weight is 372 g/mol. The van der Waals surface area contributed by atoms with E-state index in [1.165, 1.54) is 6.07 Å². The quantitative estimate of drug-likeness (QED) is 0.617. The van der Waals surface area contributed by atoms with Crippen LogP contribution in [0.25, 0.3) is 11.0 Å². The normalized spacial score (nSPS) is 10.7. The highest BCUT2D eigenvalue weighted by Gasteiger charge is 2.14. The molecule has 26 heavy (non-hydrogen) atoms. The van der Waals surface area contributed by atoms with E-state index in [1.54, 1.807) is 35.2 Å². The maximum absolute atomic E-state index is 12.5. The Bertz CT molecular complexity index is 983. The molecule has 1 amide bonds. The Hall–Kier alpha value is -2.79. The summed E-state index contributed by atoms with van der Waals surface area (Å²) >= 11 is 6.17. The van der Waals surface area contributed by atoms with Gasteiger partial charge in [0.25, 0.3) is 5.91 Å². The van der Waals surface area contributed by atoms with Crippen LogP contribution in [0.3, 0.4) is 0 Å². The van der Waals surface area contributed by atoms with Crippen LogP contribution in [0.2, 0.25) is 5.02 Å². The maximum Gasteiger partial charge on any atom is 0.336 e. The topological polar surface area (TPSA) is 59.8 Å². The van der Waals surface area contributed by atoms with Gasteiger partial charge < -0.3 is 14.1 Å². The second-order valence-corrected chi connectivity index (χ2v) is 6.15. The Labute approximate surface area is 155 Å². The van der Waals surface area contributed by atoms with Crippen molar-refractivity contribution in [2.24, 2.45) is 0 Å². The molecule has 134 valence electrons. The largest absolute Gasteiger partial charge is 0.484 e. The summed E-state index contributed by atoms with van der Waals surface area (Å²) in [7, 11) is 0. The number of benzene rings is 2. The number of halogens is 1. The van der Waals surface area contributed by atoms with E-state index in [9.17, 15) is 9.59 Å². The first-order valence-corrected chi connectivity index (χ1v) is 8.62. The van der Waals surface area contributed by atoms with Crippen molar-refractivity contribution >= 4 is 28.5 Å². The fourth-order valence-electron chi connectivity index (χ4n) is 2.58. The minimum atomic E-state index is -0.428. The number of nitrogens with zero attached hydrogens (tertiary/aromatic N) is 1. The van der Waals surface area contributed by atoms with Crippen molar-refractivity contribution in [2.45, 2.75) is 13.5 Å². The average Bonchev–Trinajstić information content (AvgIpc) is 2.65. The molecule has 0 saturated carbocycles. The highest BCUT2D eigenvalue weighted by molar-refractivity contribution is 6.31. The van der Waals surface area contributed by atoms with Gasteiger partial charge in [-0.2, -0.15) is 0 Å². The number of carbonyl (C=O) groups is 1. The third kappa shape index (κ3) is 4.24. The molecule has 5 nitrogen and oxygen atoms in total. The summed E-state index contributed by atoms with van der Waals surface area (Å²) in [6, 6.07) is 15.6. The number of ether oxygens (including phenoxy) is 1. The monoisotopic (exact) mass is 371 g/mol. The number of rotatable bonds is 6. The van der Waals surface area contributed by atoms with Crippen molar-refractivity contribution in [3.8, 4) is 5.75 Å². The van der Waals surface area contributed by atoms with Gasteiger partial charge in [0.2, 0.25) is 0 Å². The van der Waals surface area contributed by atoms with Gasteiger partial charge in [-0.15, -0.1) is 0 Å².